The Morgan fingerprint density at radius 1 is 1.29 bits per heavy atom. The lowest BCUT2D eigenvalue weighted by Gasteiger charge is -2.13. The van der Waals surface area contributed by atoms with E-state index in [0.29, 0.717) is 0 Å². The third-order valence-electron chi connectivity index (χ3n) is 2.63. The summed E-state index contributed by atoms with van der Waals surface area (Å²) in [5.41, 5.74) is 1.10. The molecule has 1 heterocycles. The summed E-state index contributed by atoms with van der Waals surface area (Å²) < 4.78 is 13.9. The van der Waals surface area contributed by atoms with E-state index in [0.717, 1.165) is 16.6 Å². The van der Waals surface area contributed by atoms with E-state index in [1.807, 2.05) is 18.2 Å². The first-order valence-electron chi connectivity index (χ1n) is 5.37. The van der Waals surface area contributed by atoms with Crippen molar-refractivity contribution in [2.45, 2.75) is 19.5 Å². The molecule has 0 aliphatic rings. The summed E-state index contributed by atoms with van der Waals surface area (Å²) in [5.74, 6) is -0.193. The van der Waals surface area contributed by atoms with Gasteiger partial charge in [-0.2, -0.15) is 0 Å². The van der Waals surface area contributed by atoms with Crippen LogP contribution in [0, 0.1) is 5.82 Å². The van der Waals surface area contributed by atoms with Crippen molar-refractivity contribution in [3.05, 3.63) is 56.4 Å². The molecule has 0 bridgehead atoms. The molecule has 1 N–H and O–H groups in total. The monoisotopic (exact) mass is 313 g/mol. The SMILES string of the molecule is CC(NCc1sccc1Br)c1ccc(F)cc1. The van der Waals surface area contributed by atoms with Crippen molar-refractivity contribution >= 4 is 27.3 Å². The van der Waals surface area contributed by atoms with Crippen molar-refractivity contribution in [1.82, 2.24) is 5.32 Å². The largest absolute Gasteiger partial charge is 0.305 e. The third-order valence-corrected chi connectivity index (χ3v) is 4.56. The van der Waals surface area contributed by atoms with Crippen LogP contribution in [0.1, 0.15) is 23.4 Å². The topological polar surface area (TPSA) is 12.0 Å². The molecule has 0 spiro atoms. The van der Waals surface area contributed by atoms with Gasteiger partial charge in [0.05, 0.1) is 0 Å². The summed E-state index contributed by atoms with van der Waals surface area (Å²) in [6.45, 7) is 2.89. The normalized spacial score (nSPS) is 12.6. The maximum absolute atomic E-state index is 12.8. The number of thiophene rings is 1. The molecule has 0 amide bonds. The van der Waals surface area contributed by atoms with Gasteiger partial charge in [-0.25, -0.2) is 4.39 Å². The Morgan fingerprint density at radius 3 is 2.59 bits per heavy atom. The van der Waals surface area contributed by atoms with Gasteiger partial charge in [-0.1, -0.05) is 12.1 Å². The Hall–Kier alpha value is -0.710. The summed E-state index contributed by atoms with van der Waals surface area (Å²) in [6.07, 6.45) is 0. The second-order valence-electron chi connectivity index (χ2n) is 3.85. The van der Waals surface area contributed by atoms with Gasteiger partial charge in [0.2, 0.25) is 0 Å². The first-order valence-corrected chi connectivity index (χ1v) is 7.05. The van der Waals surface area contributed by atoms with E-state index in [1.165, 1.54) is 17.0 Å². The van der Waals surface area contributed by atoms with Crippen LogP contribution in [-0.4, -0.2) is 0 Å². The van der Waals surface area contributed by atoms with E-state index in [1.54, 1.807) is 11.3 Å². The van der Waals surface area contributed by atoms with Gasteiger partial charge in [0.1, 0.15) is 5.82 Å². The van der Waals surface area contributed by atoms with Crippen molar-refractivity contribution in [2.24, 2.45) is 0 Å². The third kappa shape index (κ3) is 3.37. The smallest absolute Gasteiger partial charge is 0.123 e. The van der Waals surface area contributed by atoms with E-state index in [4.69, 9.17) is 0 Å². The van der Waals surface area contributed by atoms with Crippen LogP contribution in [0.3, 0.4) is 0 Å². The number of benzene rings is 1. The average molecular weight is 314 g/mol. The first kappa shape index (κ1) is 12.7. The minimum Gasteiger partial charge on any atom is -0.305 e. The van der Waals surface area contributed by atoms with Crippen LogP contribution in [0.25, 0.3) is 0 Å². The molecule has 90 valence electrons. The highest BCUT2D eigenvalue weighted by Crippen LogP contribution is 2.23. The lowest BCUT2D eigenvalue weighted by molar-refractivity contribution is 0.574. The Bertz CT molecular complexity index is 480. The van der Waals surface area contributed by atoms with Gasteiger partial charge >= 0.3 is 0 Å². The zero-order valence-corrected chi connectivity index (χ0v) is 11.8. The second kappa shape index (κ2) is 5.76. The number of nitrogens with one attached hydrogen (secondary N) is 1. The van der Waals surface area contributed by atoms with Crippen molar-refractivity contribution in [2.75, 3.05) is 0 Å². The molecule has 1 aromatic carbocycles. The minimum absolute atomic E-state index is 0.193. The van der Waals surface area contributed by atoms with Crippen LogP contribution >= 0.6 is 27.3 Å². The summed E-state index contributed by atoms with van der Waals surface area (Å²) in [6, 6.07) is 8.88. The van der Waals surface area contributed by atoms with E-state index < -0.39 is 0 Å². The van der Waals surface area contributed by atoms with Gasteiger partial charge in [0.15, 0.2) is 0 Å². The molecule has 4 heteroatoms. The van der Waals surface area contributed by atoms with Crippen molar-refractivity contribution in [3.8, 4) is 0 Å². The van der Waals surface area contributed by atoms with Gasteiger partial charge in [0.25, 0.3) is 0 Å². The molecule has 1 aromatic heterocycles. The molecule has 0 aliphatic carbocycles. The van der Waals surface area contributed by atoms with Gasteiger partial charge in [-0.15, -0.1) is 11.3 Å². The Labute approximate surface area is 113 Å². The van der Waals surface area contributed by atoms with E-state index in [2.05, 4.69) is 33.6 Å². The van der Waals surface area contributed by atoms with Crippen LogP contribution in [-0.2, 0) is 6.54 Å². The zero-order chi connectivity index (χ0) is 12.3. The zero-order valence-electron chi connectivity index (χ0n) is 9.41. The minimum atomic E-state index is -0.193. The first-order chi connectivity index (χ1) is 8.16. The van der Waals surface area contributed by atoms with Gasteiger partial charge in [-0.05, 0) is 52.0 Å². The Morgan fingerprint density at radius 2 is 2.00 bits per heavy atom. The molecule has 1 atom stereocenters. The quantitative estimate of drug-likeness (QED) is 0.876. The molecule has 0 saturated heterocycles. The van der Waals surface area contributed by atoms with Crippen molar-refractivity contribution < 1.29 is 4.39 Å². The molecular weight excluding hydrogens is 301 g/mol. The maximum Gasteiger partial charge on any atom is 0.123 e. The average Bonchev–Trinajstić information content (AvgIpc) is 2.73. The van der Waals surface area contributed by atoms with E-state index >= 15 is 0 Å². The fourth-order valence-corrected chi connectivity index (χ4v) is 3.01. The van der Waals surface area contributed by atoms with Gasteiger partial charge < -0.3 is 5.32 Å². The molecule has 2 aromatic rings. The lowest BCUT2D eigenvalue weighted by atomic mass is 10.1. The molecule has 0 radical (unpaired) electrons. The maximum atomic E-state index is 12.8. The molecule has 2 rings (SSSR count). The highest BCUT2D eigenvalue weighted by molar-refractivity contribution is 9.10. The molecule has 1 unspecified atom stereocenters. The number of rotatable bonds is 4. The van der Waals surface area contributed by atoms with Crippen LogP contribution in [0.4, 0.5) is 4.39 Å². The molecule has 0 saturated carbocycles. The van der Waals surface area contributed by atoms with Crippen LogP contribution in [0.15, 0.2) is 40.2 Å². The fraction of sp³-hybridized carbons (Fsp3) is 0.231. The van der Waals surface area contributed by atoms with Crippen LogP contribution in [0.5, 0.6) is 0 Å². The molecule has 0 fully saturated rings. The molecular formula is C13H13BrFNS. The number of hydrogen-bond donors (Lipinski definition) is 1. The predicted molar refractivity (Wildman–Crippen MR) is 73.7 cm³/mol. The highest BCUT2D eigenvalue weighted by Gasteiger charge is 2.07. The summed E-state index contributed by atoms with van der Waals surface area (Å²) in [5, 5.41) is 5.48. The van der Waals surface area contributed by atoms with Gasteiger partial charge in [-0.3, -0.25) is 0 Å². The summed E-state index contributed by atoms with van der Waals surface area (Å²) in [4.78, 5) is 1.28. The Kier molecular flexibility index (Phi) is 4.31. The number of hydrogen-bond acceptors (Lipinski definition) is 2. The fourth-order valence-electron chi connectivity index (χ4n) is 1.57. The standard InChI is InChI=1S/C13H13BrFNS/c1-9(10-2-4-11(15)5-3-10)16-8-13-12(14)6-7-17-13/h2-7,9,16H,8H2,1H3. The van der Waals surface area contributed by atoms with E-state index in [-0.39, 0.29) is 11.9 Å². The number of halogens is 2. The van der Waals surface area contributed by atoms with Crippen LogP contribution < -0.4 is 5.32 Å². The molecule has 1 nitrogen and oxygen atoms in total. The summed E-state index contributed by atoms with van der Waals surface area (Å²) in [7, 11) is 0. The second-order valence-corrected chi connectivity index (χ2v) is 5.70. The van der Waals surface area contributed by atoms with Crippen molar-refractivity contribution in [1.29, 1.82) is 0 Å². The predicted octanol–water partition coefficient (Wildman–Crippen LogP) is 4.50. The molecule has 0 aliphatic heterocycles. The van der Waals surface area contributed by atoms with Crippen LogP contribution in [0.2, 0.25) is 0 Å². The highest BCUT2D eigenvalue weighted by atomic mass is 79.9. The molecule has 17 heavy (non-hydrogen) atoms. The lowest BCUT2D eigenvalue weighted by Crippen LogP contribution is -2.17. The van der Waals surface area contributed by atoms with Crippen molar-refractivity contribution in [3.63, 3.8) is 0 Å². The summed E-state index contributed by atoms with van der Waals surface area (Å²) >= 11 is 5.22. The van der Waals surface area contributed by atoms with E-state index in [9.17, 15) is 4.39 Å². The Balaban J connectivity index is 1.95. The van der Waals surface area contributed by atoms with Gasteiger partial charge in [0, 0.05) is 21.9 Å².